The van der Waals surface area contributed by atoms with E-state index in [0.717, 1.165) is 31.5 Å². The maximum Gasteiger partial charge on any atom is 0.0806 e. The molecule has 0 saturated heterocycles. The van der Waals surface area contributed by atoms with Crippen LogP contribution in [0.2, 0.25) is 0 Å². The third kappa shape index (κ3) is 6.69. The van der Waals surface area contributed by atoms with Crippen molar-refractivity contribution in [2.75, 3.05) is 19.7 Å². The van der Waals surface area contributed by atoms with Crippen molar-refractivity contribution in [3.8, 4) is 0 Å². The molecule has 1 rings (SSSR count). The smallest absolute Gasteiger partial charge is 0.0806 e. The number of hydrogen-bond acceptors (Lipinski definition) is 2. The average Bonchev–Trinajstić information content (AvgIpc) is 2.38. The van der Waals surface area contributed by atoms with Crippen molar-refractivity contribution in [3.05, 3.63) is 0 Å². The molecule has 1 aliphatic rings. The lowest BCUT2D eigenvalue weighted by Gasteiger charge is -2.44. The molecule has 0 heterocycles. The maximum absolute atomic E-state index is 6.43. The van der Waals surface area contributed by atoms with Gasteiger partial charge in [-0.1, -0.05) is 41.5 Å². The Labute approximate surface area is 133 Å². The van der Waals surface area contributed by atoms with Gasteiger partial charge in [-0.15, -0.1) is 0 Å². The number of hydrogen-bond donors (Lipinski definition) is 1. The third-order valence-corrected chi connectivity index (χ3v) is 5.10. The van der Waals surface area contributed by atoms with Crippen molar-refractivity contribution in [2.24, 2.45) is 17.3 Å². The zero-order chi connectivity index (χ0) is 15.9. The van der Waals surface area contributed by atoms with Crippen LogP contribution in [-0.4, -0.2) is 25.3 Å². The molecule has 1 N–H and O–H groups in total. The summed E-state index contributed by atoms with van der Waals surface area (Å²) in [6.07, 6.45) is 7.47. The van der Waals surface area contributed by atoms with Gasteiger partial charge in [-0.25, -0.2) is 0 Å². The summed E-state index contributed by atoms with van der Waals surface area (Å²) < 4.78 is 6.43. The first kappa shape index (κ1) is 19.0. The highest BCUT2D eigenvalue weighted by atomic mass is 16.5. The van der Waals surface area contributed by atoms with E-state index in [-0.39, 0.29) is 5.60 Å². The summed E-state index contributed by atoms with van der Waals surface area (Å²) in [6, 6.07) is 0. The fourth-order valence-corrected chi connectivity index (χ4v) is 3.39. The first-order valence-corrected chi connectivity index (χ1v) is 9.14. The SMILES string of the molecule is CCCNCC1(OCCC(C)C)CCC(C(C)(C)C)CC1. The van der Waals surface area contributed by atoms with Crippen molar-refractivity contribution < 1.29 is 4.74 Å². The number of nitrogens with one attached hydrogen (secondary N) is 1. The Bertz CT molecular complexity index is 272. The number of ether oxygens (including phenoxy) is 1. The third-order valence-electron chi connectivity index (χ3n) is 5.10. The van der Waals surface area contributed by atoms with Crippen LogP contribution in [0.25, 0.3) is 0 Å². The van der Waals surface area contributed by atoms with Gasteiger partial charge in [0.15, 0.2) is 0 Å². The molecule has 0 aromatic carbocycles. The Balaban J connectivity index is 2.54. The Hall–Kier alpha value is -0.0800. The highest BCUT2D eigenvalue weighted by Gasteiger charge is 2.39. The van der Waals surface area contributed by atoms with Crippen molar-refractivity contribution in [1.29, 1.82) is 0 Å². The molecule has 2 nitrogen and oxygen atoms in total. The lowest BCUT2D eigenvalue weighted by atomic mass is 9.68. The lowest BCUT2D eigenvalue weighted by Crippen LogP contribution is -2.47. The van der Waals surface area contributed by atoms with Crippen LogP contribution in [0, 0.1) is 17.3 Å². The Morgan fingerprint density at radius 2 is 1.81 bits per heavy atom. The molecule has 0 aromatic heterocycles. The van der Waals surface area contributed by atoms with Crippen LogP contribution in [0.1, 0.15) is 80.1 Å². The molecule has 1 aliphatic carbocycles. The van der Waals surface area contributed by atoms with Gasteiger partial charge in [0, 0.05) is 13.2 Å². The summed E-state index contributed by atoms with van der Waals surface area (Å²) >= 11 is 0. The van der Waals surface area contributed by atoms with Gasteiger partial charge in [0.2, 0.25) is 0 Å². The van der Waals surface area contributed by atoms with E-state index in [1.165, 1.54) is 38.5 Å². The highest BCUT2D eigenvalue weighted by Crippen LogP contribution is 2.42. The Morgan fingerprint density at radius 3 is 2.29 bits per heavy atom. The first-order valence-electron chi connectivity index (χ1n) is 9.14. The molecule has 0 spiro atoms. The molecule has 1 fully saturated rings. The fraction of sp³-hybridized carbons (Fsp3) is 1.00. The van der Waals surface area contributed by atoms with Crippen molar-refractivity contribution in [1.82, 2.24) is 5.32 Å². The van der Waals surface area contributed by atoms with E-state index in [0.29, 0.717) is 5.41 Å². The molecule has 2 heteroatoms. The summed E-state index contributed by atoms with van der Waals surface area (Å²) in [6.45, 7) is 17.0. The van der Waals surface area contributed by atoms with Gasteiger partial charge in [0.1, 0.15) is 0 Å². The second-order valence-corrected chi connectivity index (χ2v) is 8.53. The lowest BCUT2D eigenvalue weighted by molar-refractivity contribution is -0.0870. The highest BCUT2D eigenvalue weighted by molar-refractivity contribution is 4.92. The van der Waals surface area contributed by atoms with E-state index >= 15 is 0 Å². The minimum absolute atomic E-state index is 0.103. The monoisotopic (exact) mass is 297 g/mol. The average molecular weight is 298 g/mol. The van der Waals surface area contributed by atoms with Crippen LogP contribution in [0.3, 0.4) is 0 Å². The summed E-state index contributed by atoms with van der Waals surface area (Å²) in [5, 5.41) is 3.61. The molecule has 0 amide bonds. The summed E-state index contributed by atoms with van der Waals surface area (Å²) in [4.78, 5) is 0. The van der Waals surface area contributed by atoms with Gasteiger partial charge >= 0.3 is 0 Å². The van der Waals surface area contributed by atoms with Crippen molar-refractivity contribution in [2.45, 2.75) is 85.7 Å². The van der Waals surface area contributed by atoms with Crippen LogP contribution in [0.4, 0.5) is 0 Å². The van der Waals surface area contributed by atoms with Gasteiger partial charge in [0.25, 0.3) is 0 Å². The minimum atomic E-state index is 0.103. The molecule has 0 radical (unpaired) electrons. The molecule has 21 heavy (non-hydrogen) atoms. The van der Waals surface area contributed by atoms with E-state index in [9.17, 15) is 0 Å². The van der Waals surface area contributed by atoms with E-state index in [4.69, 9.17) is 4.74 Å². The number of rotatable bonds is 8. The van der Waals surface area contributed by atoms with E-state index < -0.39 is 0 Å². The molecular weight excluding hydrogens is 258 g/mol. The van der Waals surface area contributed by atoms with E-state index in [1.807, 2.05) is 0 Å². The quantitative estimate of drug-likeness (QED) is 0.635. The van der Waals surface area contributed by atoms with Crippen molar-refractivity contribution in [3.63, 3.8) is 0 Å². The predicted molar refractivity (Wildman–Crippen MR) is 92.7 cm³/mol. The van der Waals surface area contributed by atoms with E-state index in [2.05, 4.69) is 46.9 Å². The predicted octanol–water partition coefficient (Wildman–Crippen LogP) is 5.02. The van der Waals surface area contributed by atoms with Crippen LogP contribution >= 0.6 is 0 Å². The van der Waals surface area contributed by atoms with Gasteiger partial charge in [0.05, 0.1) is 5.60 Å². The fourth-order valence-electron chi connectivity index (χ4n) is 3.39. The molecule has 0 unspecified atom stereocenters. The Morgan fingerprint density at radius 1 is 1.19 bits per heavy atom. The maximum atomic E-state index is 6.43. The van der Waals surface area contributed by atoms with Crippen LogP contribution in [-0.2, 0) is 4.74 Å². The minimum Gasteiger partial charge on any atom is -0.374 e. The molecule has 0 bridgehead atoms. The van der Waals surface area contributed by atoms with E-state index in [1.54, 1.807) is 0 Å². The molecule has 1 saturated carbocycles. The second-order valence-electron chi connectivity index (χ2n) is 8.53. The van der Waals surface area contributed by atoms with Gasteiger partial charge in [-0.2, -0.15) is 0 Å². The molecular formula is C19H39NO. The summed E-state index contributed by atoms with van der Waals surface area (Å²) in [5.74, 6) is 1.59. The van der Waals surface area contributed by atoms with Crippen LogP contribution in [0.15, 0.2) is 0 Å². The zero-order valence-corrected chi connectivity index (χ0v) is 15.4. The zero-order valence-electron chi connectivity index (χ0n) is 15.4. The molecule has 126 valence electrons. The van der Waals surface area contributed by atoms with Crippen molar-refractivity contribution >= 4 is 0 Å². The topological polar surface area (TPSA) is 21.3 Å². The van der Waals surface area contributed by atoms with Crippen LogP contribution < -0.4 is 5.32 Å². The van der Waals surface area contributed by atoms with Gasteiger partial charge in [-0.3, -0.25) is 0 Å². The molecule has 0 aromatic rings. The molecule has 0 aliphatic heterocycles. The largest absolute Gasteiger partial charge is 0.374 e. The van der Waals surface area contributed by atoms with Gasteiger partial charge in [-0.05, 0) is 62.3 Å². The first-order chi connectivity index (χ1) is 9.79. The van der Waals surface area contributed by atoms with Crippen LogP contribution in [0.5, 0.6) is 0 Å². The normalized spacial score (nSPS) is 27.3. The standard InChI is InChI=1S/C19H39NO/c1-7-13-20-15-19(21-14-10-16(2)3)11-8-17(9-12-19)18(4,5)6/h16-17,20H,7-15H2,1-6H3. The van der Waals surface area contributed by atoms with Gasteiger partial charge < -0.3 is 10.1 Å². The second kappa shape index (κ2) is 8.53. The Kier molecular flexibility index (Phi) is 7.70. The molecule has 0 atom stereocenters. The summed E-state index contributed by atoms with van der Waals surface area (Å²) in [7, 11) is 0. The summed E-state index contributed by atoms with van der Waals surface area (Å²) in [5.41, 5.74) is 0.548.